The van der Waals surface area contributed by atoms with Crippen LogP contribution in [0.3, 0.4) is 0 Å². The third-order valence-electron chi connectivity index (χ3n) is 3.65. The summed E-state index contributed by atoms with van der Waals surface area (Å²) in [7, 11) is -5.26. The van der Waals surface area contributed by atoms with Crippen LogP contribution in [0.25, 0.3) is 0 Å². The first-order chi connectivity index (χ1) is 11.2. The number of aromatic hydroxyl groups is 1. The van der Waals surface area contributed by atoms with E-state index in [0.717, 1.165) is 6.20 Å². The van der Waals surface area contributed by atoms with Crippen molar-refractivity contribution in [1.29, 1.82) is 0 Å². The second-order valence-electron chi connectivity index (χ2n) is 5.19. The van der Waals surface area contributed by atoms with Gasteiger partial charge in [-0.3, -0.25) is 9.69 Å². The lowest BCUT2D eigenvalue weighted by Gasteiger charge is -2.34. The first kappa shape index (κ1) is 18.2. The molecule has 1 aromatic heterocycles. The van der Waals surface area contributed by atoms with Crippen LogP contribution in [0.2, 0.25) is 0 Å². The Balaban J connectivity index is 2.05. The third-order valence-corrected chi connectivity index (χ3v) is 4.40. The fourth-order valence-corrected chi connectivity index (χ4v) is 2.88. The van der Waals surface area contributed by atoms with Crippen LogP contribution in [0.5, 0.6) is 5.75 Å². The molecule has 1 saturated heterocycles. The van der Waals surface area contributed by atoms with Gasteiger partial charge in [-0.05, 0) is 13.0 Å². The molecular formula is C13H18FN3O6S. The maximum Gasteiger partial charge on any atom is 0.409 e. The lowest BCUT2D eigenvalue weighted by Crippen LogP contribution is -2.48. The van der Waals surface area contributed by atoms with Gasteiger partial charge in [0.2, 0.25) is 0 Å². The molecule has 0 atom stereocenters. The summed E-state index contributed by atoms with van der Waals surface area (Å²) in [5.74, 6) is -0.813. The number of piperazine rings is 1. The zero-order chi connectivity index (χ0) is 17.9. The maximum absolute atomic E-state index is 12.9. The van der Waals surface area contributed by atoms with E-state index in [-0.39, 0.29) is 16.1 Å². The van der Waals surface area contributed by atoms with Crippen molar-refractivity contribution >= 4 is 16.5 Å². The van der Waals surface area contributed by atoms with Crippen LogP contribution in [-0.2, 0) is 21.7 Å². The van der Waals surface area contributed by atoms with Crippen LogP contribution in [0.15, 0.2) is 17.1 Å². The monoisotopic (exact) mass is 363 g/mol. The molecule has 1 aromatic rings. The number of nitrogens with zero attached hydrogens (tertiary/aromatic N) is 3. The number of amides is 1. The second-order valence-corrected chi connectivity index (χ2v) is 6.41. The van der Waals surface area contributed by atoms with Gasteiger partial charge in [-0.25, -0.2) is 4.79 Å². The highest BCUT2D eigenvalue weighted by atomic mass is 32.3. The number of carbonyl (C=O) groups excluding carboxylic acids is 1. The predicted octanol–water partition coefficient (Wildman–Crippen LogP) is -0.110. The van der Waals surface area contributed by atoms with Gasteiger partial charge in [-0.2, -0.15) is 12.4 Å². The Morgan fingerprint density at radius 2 is 1.96 bits per heavy atom. The predicted molar refractivity (Wildman–Crippen MR) is 81.7 cm³/mol. The van der Waals surface area contributed by atoms with Gasteiger partial charge < -0.3 is 14.7 Å². The molecule has 134 valence electrons. The minimum atomic E-state index is -5.26. The van der Waals surface area contributed by atoms with Gasteiger partial charge >= 0.3 is 22.1 Å². The molecule has 1 fully saturated rings. The van der Waals surface area contributed by atoms with Gasteiger partial charge in [0.25, 0.3) is 0 Å². The summed E-state index contributed by atoms with van der Waals surface area (Å²) < 4.78 is 39.2. The Bertz CT molecular complexity index is 770. The lowest BCUT2D eigenvalue weighted by atomic mass is 10.2. The molecule has 2 rings (SSSR count). The van der Waals surface area contributed by atoms with Crippen LogP contribution >= 0.6 is 0 Å². The molecule has 0 spiro atoms. The van der Waals surface area contributed by atoms with E-state index in [2.05, 4.69) is 0 Å². The van der Waals surface area contributed by atoms with Gasteiger partial charge in [0.05, 0.1) is 6.61 Å². The van der Waals surface area contributed by atoms with Gasteiger partial charge in [0.15, 0.2) is 5.75 Å². The number of carbonyl (C=O) groups is 1. The molecule has 1 aliphatic rings. The fourth-order valence-electron chi connectivity index (χ4n) is 2.39. The number of rotatable bonds is 4. The Hall–Kier alpha value is -2.14. The van der Waals surface area contributed by atoms with E-state index in [1.165, 1.54) is 6.07 Å². The molecule has 0 radical (unpaired) electrons. The number of ether oxygens (including phenoxy) is 1. The van der Waals surface area contributed by atoms with E-state index < -0.39 is 27.8 Å². The van der Waals surface area contributed by atoms with Crippen molar-refractivity contribution in [1.82, 2.24) is 13.8 Å². The third kappa shape index (κ3) is 4.03. The van der Waals surface area contributed by atoms with Crippen LogP contribution < -0.4 is 5.56 Å². The molecule has 0 unspecified atom stereocenters. The Morgan fingerprint density at radius 1 is 1.33 bits per heavy atom. The summed E-state index contributed by atoms with van der Waals surface area (Å²) in [5.41, 5.74) is -1.15. The van der Waals surface area contributed by atoms with Crippen LogP contribution in [0.1, 0.15) is 12.5 Å². The van der Waals surface area contributed by atoms with Crippen LogP contribution in [-0.4, -0.2) is 66.2 Å². The summed E-state index contributed by atoms with van der Waals surface area (Å²) in [6.07, 6.45) is 0.373. The molecule has 1 amide bonds. The van der Waals surface area contributed by atoms with Gasteiger partial charge in [0, 0.05) is 44.5 Å². The minimum Gasteiger partial charge on any atom is -0.503 e. The zero-order valence-corrected chi connectivity index (χ0v) is 13.8. The van der Waals surface area contributed by atoms with Crippen molar-refractivity contribution in [2.24, 2.45) is 0 Å². The molecule has 1 N–H and O–H groups in total. The SMILES string of the molecule is CCOC(=O)N1CCN(Cc2ccn(S(=O)(=O)F)c(=O)c2O)CC1. The van der Waals surface area contributed by atoms with E-state index in [4.69, 9.17) is 4.74 Å². The normalized spacial score (nSPS) is 16.2. The molecule has 0 saturated carbocycles. The number of pyridine rings is 1. The number of hydrogen-bond donors (Lipinski definition) is 1. The number of hydrogen-bond acceptors (Lipinski definition) is 7. The van der Waals surface area contributed by atoms with E-state index in [0.29, 0.717) is 32.8 Å². The fraction of sp³-hybridized carbons (Fsp3) is 0.538. The number of aromatic nitrogens is 1. The summed E-state index contributed by atoms with van der Waals surface area (Å²) in [6, 6.07) is 1.17. The van der Waals surface area contributed by atoms with Gasteiger partial charge in [0.1, 0.15) is 0 Å². The highest BCUT2D eigenvalue weighted by Crippen LogP contribution is 2.16. The molecule has 1 aliphatic heterocycles. The lowest BCUT2D eigenvalue weighted by molar-refractivity contribution is 0.0776. The summed E-state index contributed by atoms with van der Waals surface area (Å²) in [5, 5.41) is 9.81. The van der Waals surface area contributed by atoms with Gasteiger partial charge in [-0.15, -0.1) is 0 Å². The highest BCUT2D eigenvalue weighted by Gasteiger charge is 2.24. The molecular weight excluding hydrogens is 345 g/mol. The molecule has 24 heavy (non-hydrogen) atoms. The van der Waals surface area contributed by atoms with Gasteiger partial charge in [-0.1, -0.05) is 3.89 Å². The van der Waals surface area contributed by atoms with Crippen molar-refractivity contribution < 1.29 is 26.9 Å². The highest BCUT2D eigenvalue weighted by molar-refractivity contribution is 7.84. The van der Waals surface area contributed by atoms with Crippen molar-refractivity contribution in [2.75, 3.05) is 32.8 Å². The quantitative estimate of drug-likeness (QED) is 0.744. The minimum absolute atomic E-state index is 0.162. The van der Waals surface area contributed by atoms with E-state index in [9.17, 15) is 27.0 Å². The van der Waals surface area contributed by atoms with E-state index in [1.807, 2.05) is 4.90 Å². The van der Waals surface area contributed by atoms with Crippen LogP contribution in [0, 0.1) is 0 Å². The molecule has 9 nitrogen and oxygen atoms in total. The van der Waals surface area contributed by atoms with Crippen molar-refractivity contribution in [3.8, 4) is 5.75 Å². The van der Waals surface area contributed by atoms with E-state index in [1.54, 1.807) is 11.8 Å². The Kier molecular flexibility index (Phi) is 5.44. The average Bonchev–Trinajstić information content (AvgIpc) is 2.51. The zero-order valence-electron chi connectivity index (χ0n) is 13.0. The first-order valence-corrected chi connectivity index (χ1v) is 8.60. The molecule has 0 aliphatic carbocycles. The molecule has 0 bridgehead atoms. The summed E-state index contributed by atoms with van der Waals surface area (Å²) in [6.45, 7) is 4.01. The Labute approximate surface area is 138 Å². The standard InChI is InChI=1S/C13H18FN3O6S/c1-2-23-13(20)16-7-5-15(6-8-16)9-10-3-4-17(24(14,21)22)12(19)11(10)18/h3-4,18H,2,5-9H2,1H3. The number of halogens is 1. The van der Waals surface area contributed by atoms with Crippen molar-refractivity contribution in [2.45, 2.75) is 13.5 Å². The van der Waals surface area contributed by atoms with Crippen molar-refractivity contribution in [3.05, 3.63) is 28.2 Å². The van der Waals surface area contributed by atoms with Crippen molar-refractivity contribution in [3.63, 3.8) is 0 Å². The maximum atomic E-state index is 12.9. The largest absolute Gasteiger partial charge is 0.503 e. The Morgan fingerprint density at radius 3 is 2.50 bits per heavy atom. The first-order valence-electron chi connectivity index (χ1n) is 7.26. The smallest absolute Gasteiger partial charge is 0.409 e. The van der Waals surface area contributed by atoms with E-state index >= 15 is 0 Å². The average molecular weight is 363 g/mol. The summed E-state index contributed by atoms with van der Waals surface area (Å²) in [4.78, 5) is 26.7. The second kappa shape index (κ2) is 7.18. The molecule has 11 heteroatoms. The summed E-state index contributed by atoms with van der Waals surface area (Å²) >= 11 is 0. The van der Waals surface area contributed by atoms with Crippen LogP contribution in [0.4, 0.5) is 8.68 Å². The topological polar surface area (TPSA) is 109 Å². The molecule has 0 aromatic carbocycles. The molecule has 2 heterocycles.